The SMILES string of the molecule is O=CNc1coc2ccc(C(=O)N[C@@H]3C[C@H]4CC[C@@H]3N4)cc12. The summed E-state index contributed by atoms with van der Waals surface area (Å²) in [7, 11) is 0. The predicted octanol–water partition coefficient (Wildman–Crippen LogP) is 1.62. The maximum Gasteiger partial charge on any atom is 0.251 e. The van der Waals surface area contributed by atoms with Gasteiger partial charge in [0, 0.05) is 29.1 Å². The molecule has 0 unspecified atom stereocenters. The minimum absolute atomic E-state index is 0.0838. The third-order valence-electron chi connectivity index (χ3n) is 4.67. The van der Waals surface area contributed by atoms with Crippen molar-refractivity contribution in [2.24, 2.45) is 0 Å². The van der Waals surface area contributed by atoms with Gasteiger partial charge in [-0.2, -0.15) is 0 Å². The molecule has 0 aliphatic carbocycles. The lowest BCUT2D eigenvalue weighted by Crippen LogP contribution is -2.42. The number of furan rings is 1. The van der Waals surface area contributed by atoms with Crippen LogP contribution in [0.5, 0.6) is 0 Å². The number of amides is 2. The maximum atomic E-state index is 12.5. The van der Waals surface area contributed by atoms with E-state index >= 15 is 0 Å². The second-order valence-electron chi connectivity index (χ2n) is 5.99. The Morgan fingerprint density at radius 2 is 2.27 bits per heavy atom. The van der Waals surface area contributed by atoms with Crippen molar-refractivity contribution in [3.63, 3.8) is 0 Å². The molecule has 2 amide bonds. The lowest BCUT2D eigenvalue weighted by atomic mass is 9.95. The molecule has 6 heteroatoms. The van der Waals surface area contributed by atoms with Gasteiger partial charge in [-0.1, -0.05) is 0 Å². The lowest BCUT2D eigenvalue weighted by molar-refractivity contribution is -0.105. The number of fused-ring (bicyclic) bond motifs is 3. The van der Waals surface area contributed by atoms with Gasteiger partial charge in [0.1, 0.15) is 11.8 Å². The van der Waals surface area contributed by atoms with Crippen LogP contribution in [-0.4, -0.2) is 30.4 Å². The van der Waals surface area contributed by atoms with E-state index in [0.29, 0.717) is 35.3 Å². The smallest absolute Gasteiger partial charge is 0.251 e. The van der Waals surface area contributed by atoms with Crippen molar-refractivity contribution in [1.82, 2.24) is 10.6 Å². The van der Waals surface area contributed by atoms with Crippen LogP contribution in [0, 0.1) is 0 Å². The summed E-state index contributed by atoms with van der Waals surface area (Å²) >= 11 is 0. The van der Waals surface area contributed by atoms with Crippen molar-refractivity contribution < 1.29 is 14.0 Å². The summed E-state index contributed by atoms with van der Waals surface area (Å²) in [4.78, 5) is 23.1. The average Bonchev–Trinajstić information content (AvgIpc) is 3.23. The summed E-state index contributed by atoms with van der Waals surface area (Å²) in [5.74, 6) is -0.0838. The van der Waals surface area contributed by atoms with Gasteiger partial charge < -0.3 is 20.4 Å². The second-order valence-corrected chi connectivity index (χ2v) is 5.99. The molecule has 2 saturated heterocycles. The van der Waals surface area contributed by atoms with E-state index in [0.717, 1.165) is 18.2 Å². The summed E-state index contributed by atoms with van der Waals surface area (Å²) in [6, 6.07) is 6.40. The molecule has 2 bridgehead atoms. The third kappa shape index (κ3) is 2.16. The molecule has 4 rings (SSSR count). The number of anilines is 1. The van der Waals surface area contributed by atoms with Gasteiger partial charge >= 0.3 is 0 Å². The molecule has 114 valence electrons. The molecule has 2 fully saturated rings. The first-order chi connectivity index (χ1) is 10.7. The van der Waals surface area contributed by atoms with Gasteiger partial charge in [0.05, 0.1) is 5.69 Å². The molecule has 1 aromatic heterocycles. The van der Waals surface area contributed by atoms with Crippen molar-refractivity contribution >= 4 is 29.0 Å². The van der Waals surface area contributed by atoms with Crippen LogP contribution in [0.2, 0.25) is 0 Å². The van der Waals surface area contributed by atoms with E-state index < -0.39 is 0 Å². The zero-order valence-corrected chi connectivity index (χ0v) is 12.0. The van der Waals surface area contributed by atoms with Crippen molar-refractivity contribution in [3.05, 3.63) is 30.0 Å². The zero-order valence-electron chi connectivity index (χ0n) is 12.0. The van der Waals surface area contributed by atoms with E-state index in [9.17, 15) is 9.59 Å². The largest absolute Gasteiger partial charge is 0.462 e. The van der Waals surface area contributed by atoms with Crippen LogP contribution in [0.15, 0.2) is 28.9 Å². The summed E-state index contributed by atoms with van der Waals surface area (Å²) in [5, 5.41) is 9.92. The highest BCUT2D eigenvalue weighted by Crippen LogP contribution is 2.29. The molecule has 2 aliphatic rings. The van der Waals surface area contributed by atoms with Gasteiger partial charge in [0.2, 0.25) is 6.41 Å². The van der Waals surface area contributed by atoms with Crippen LogP contribution >= 0.6 is 0 Å². The number of hydrogen-bond acceptors (Lipinski definition) is 4. The number of rotatable bonds is 4. The van der Waals surface area contributed by atoms with Crippen molar-refractivity contribution in [2.45, 2.75) is 37.4 Å². The van der Waals surface area contributed by atoms with Gasteiger partial charge in [-0.05, 0) is 37.5 Å². The Hall–Kier alpha value is -2.34. The first-order valence-electron chi connectivity index (χ1n) is 7.53. The fourth-order valence-electron chi connectivity index (χ4n) is 3.58. The van der Waals surface area contributed by atoms with Crippen LogP contribution in [0.25, 0.3) is 11.0 Å². The van der Waals surface area contributed by atoms with E-state index in [1.807, 2.05) is 0 Å². The quantitative estimate of drug-likeness (QED) is 0.749. The lowest BCUT2D eigenvalue weighted by Gasteiger charge is -2.21. The van der Waals surface area contributed by atoms with Gasteiger partial charge in [-0.15, -0.1) is 0 Å². The summed E-state index contributed by atoms with van der Waals surface area (Å²) in [5.41, 5.74) is 1.79. The molecule has 0 saturated carbocycles. The molecule has 22 heavy (non-hydrogen) atoms. The molecule has 2 aliphatic heterocycles. The van der Waals surface area contributed by atoms with Crippen LogP contribution < -0.4 is 16.0 Å². The standard InChI is InChI=1S/C16H17N3O3/c20-8-17-14-7-22-15-4-1-9(5-11(14)15)16(21)19-13-6-10-2-3-12(13)18-10/h1,4-5,7-8,10,12-13,18H,2-3,6H2,(H,17,20)(H,19,21)/t10-,12+,13-/m1/s1. The maximum absolute atomic E-state index is 12.5. The van der Waals surface area contributed by atoms with Crippen LogP contribution in [-0.2, 0) is 4.79 Å². The summed E-state index contributed by atoms with van der Waals surface area (Å²) < 4.78 is 5.35. The Bertz CT molecular complexity index is 739. The fraction of sp³-hybridized carbons (Fsp3) is 0.375. The predicted molar refractivity (Wildman–Crippen MR) is 81.7 cm³/mol. The van der Waals surface area contributed by atoms with E-state index in [1.54, 1.807) is 18.2 Å². The molecular formula is C16H17N3O3. The minimum atomic E-state index is -0.0838. The highest BCUT2D eigenvalue weighted by atomic mass is 16.3. The van der Waals surface area contributed by atoms with Crippen molar-refractivity contribution in [2.75, 3.05) is 5.32 Å². The molecular weight excluding hydrogens is 282 g/mol. The number of carbonyl (C=O) groups excluding carboxylic acids is 2. The van der Waals surface area contributed by atoms with E-state index in [-0.39, 0.29) is 11.9 Å². The van der Waals surface area contributed by atoms with Crippen molar-refractivity contribution in [3.8, 4) is 0 Å². The molecule has 2 aromatic rings. The summed E-state index contributed by atoms with van der Waals surface area (Å²) in [6.45, 7) is 0. The fourth-order valence-corrected chi connectivity index (χ4v) is 3.58. The minimum Gasteiger partial charge on any atom is -0.462 e. The molecule has 1 aromatic carbocycles. The van der Waals surface area contributed by atoms with Crippen molar-refractivity contribution in [1.29, 1.82) is 0 Å². The highest BCUT2D eigenvalue weighted by molar-refractivity contribution is 6.02. The van der Waals surface area contributed by atoms with Crippen LogP contribution in [0.1, 0.15) is 29.6 Å². The number of carbonyl (C=O) groups is 2. The zero-order chi connectivity index (χ0) is 15.1. The molecule has 0 spiro atoms. The van der Waals surface area contributed by atoms with Gasteiger partial charge in [0.25, 0.3) is 5.91 Å². The first-order valence-corrected chi connectivity index (χ1v) is 7.53. The van der Waals surface area contributed by atoms with E-state index in [2.05, 4.69) is 16.0 Å². The Morgan fingerprint density at radius 1 is 1.36 bits per heavy atom. The molecule has 3 heterocycles. The third-order valence-corrected chi connectivity index (χ3v) is 4.67. The van der Waals surface area contributed by atoms with Gasteiger partial charge in [-0.25, -0.2) is 0 Å². The molecule has 6 nitrogen and oxygen atoms in total. The summed E-state index contributed by atoms with van der Waals surface area (Å²) in [6.07, 6.45) is 5.41. The van der Waals surface area contributed by atoms with Gasteiger partial charge in [-0.3, -0.25) is 9.59 Å². The normalized spacial score (nSPS) is 26.3. The first kappa shape index (κ1) is 13.3. The molecule has 3 N–H and O–H groups in total. The number of benzene rings is 1. The topological polar surface area (TPSA) is 83.4 Å². The Morgan fingerprint density at radius 3 is 3.00 bits per heavy atom. The Labute approximate surface area is 127 Å². The second kappa shape index (κ2) is 5.14. The molecule has 0 radical (unpaired) electrons. The van der Waals surface area contributed by atoms with Crippen LogP contribution in [0.3, 0.4) is 0 Å². The number of nitrogens with one attached hydrogen (secondary N) is 3. The van der Waals surface area contributed by atoms with E-state index in [1.165, 1.54) is 12.7 Å². The Kier molecular flexibility index (Phi) is 3.11. The van der Waals surface area contributed by atoms with Gasteiger partial charge in [0.15, 0.2) is 0 Å². The highest BCUT2D eigenvalue weighted by Gasteiger charge is 2.39. The van der Waals surface area contributed by atoms with Crippen LogP contribution in [0.4, 0.5) is 5.69 Å². The molecule has 3 atom stereocenters. The monoisotopic (exact) mass is 299 g/mol. The number of hydrogen-bond donors (Lipinski definition) is 3. The Balaban J connectivity index is 1.56. The average molecular weight is 299 g/mol. The van der Waals surface area contributed by atoms with E-state index in [4.69, 9.17) is 4.42 Å².